The van der Waals surface area contributed by atoms with Gasteiger partial charge in [-0.05, 0) is 29.8 Å². The van der Waals surface area contributed by atoms with Crippen molar-refractivity contribution in [2.24, 2.45) is 0 Å². The molecule has 0 bridgehead atoms. The standard InChI is InChI=1S/C50H62O29/c1-68-26-8-18(9-27(69-2)45(26)78-48-42(66)38(62)34(58)30(15-52)75-48)4-3-7-70-17-32-36(60)40(64)46(79-49-43(67)39(63)35(59)31(16-53)76-49)50(77-32)73-28-13-21-24(71-44(28)19-5-6-22(55)23(56)10-19)11-20(54)12-25(21)72-47-41(65)37(61)33(57)29(14-51)74-47/h3-6,8-13,29-43,46-53,57-67H,7,14-17H2,1-2H3,(H2-,54,55,56)/p+1/b4-3+/t29-,30-,31-,32-,33-,34-,35-,36-,37+,38+,39+,40+,41-,42-,43-,46-,47-,48+,49+,50-/m1/s1. The molecule has 4 fully saturated rings. The number of hydrogen-bond acceptors (Lipinski definition) is 28. The van der Waals surface area contributed by atoms with E-state index in [-0.39, 0.29) is 57.6 Å². The van der Waals surface area contributed by atoms with Crippen LogP contribution in [0.25, 0.3) is 28.4 Å². The Kier molecular flexibility index (Phi) is 19.2. The van der Waals surface area contributed by atoms with E-state index in [1.165, 1.54) is 44.6 Å². The zero-order valence-electron chi connectivity index (χ0n) is 41.9. The van der Waals surface area contributed by atoms with Crippen LogP contribution in [-0.2, 0) is 28.4 Å². The Morgan fingerprint density at radius 1 is 0.506 bits per heavy atom. The molecule has 4 aliphatic rings. The highest BCUT2D eigenvalue weighted by molar-refractivity contribution is 5.89. The van der Waals surface area contributed by atoms with E-state index in [9.17, 15) is 86.8 Å². The average molecular weight is 1130 g/mol. The van der Waals surface area contributed by atoms with Gasteiger partial charge < -0.3 is 139 Å². The van der Waals surface area contributed by atoms with Crippen LogP contribution in [0.3, 0.4) is 0 Å². The second kappa shape index (κ2) is 25.5. The van der Waals surface area contributed by atoms with Crippen LogP contribution >= 0.6 is 0 Å². The number of hydrogen-bond donors (Lipinski definition) is 17. The van der Waals surface area contributed by atoms with Crippen molar-refractivity contribution in [3.63, 3.8) is 0 Å². The molecular formula is C50H63O29+. The van der Waals surface area contributed by atoms with Crippen molar-refractivity contribution in [3.8, 4) is 57.3 Å². The van der Waals surface area contributed by atoms with Crippen LogP contribution in [0.2, 0.25) is 0 Å². The van der Waals surface area contributed by atoms with Gasteiger partial charge >= 0.3 is 11.3 Å². The predicted molar refractivity (Wildman–Crippen MR) is 259 cm³/mol. The minimum Gasteiger partial charge on any atom is -0.507 e. The lowest BCUT2D eigenvalue weighted by Gasteiger charge is -2.45. The number of phenolic OH excluding ortho intramolecular Hbond substituents is 3. The van der Waals surface area contributed by atoms with E-state index in [0.29, 0.717) is 5.56 Å². The summed E-state index contributed by atoms with van der Waals surface area (Å²) < 4.78 is 70.0. The molecule has 0 saturated carbocycles. The molecule has 0 spiro atoms. The maximum absolute atomic E-state index is 11.8. The van der Waals surface area contributed by atoms with E-state index in [2.05, 4.69) is 0 Å². The summed E-state index contributed by atoms with van der Waals surface area (Å²) in [6, 6.07) is 9.83. The molecular weight excluding hydrogens is 1060 g/mol. The smallest absolute Gasteiger partial charge is 0.402 e. The number of methoxy groups -OCH3 is 2. The lowest BCUT2D eigenvalue weighted by Crippen LogP contribution is -2.65. The SMILES string of the molecule is COc1cc(/C=C/COC[C@H]2O[C@@H](Oc3cc4c(O[C@@H]5O[C@H](CO)[C@@H](O)[C@H](O)[C@H]5O)cc(O)cc4[o+]c3-c3ccc(O)c(O)c3)[C@H](O[C@@H]3O[C@H](CO)[C@@H](O)[C@H](O)[C@H]3O)[C@@H](O)[C@@H]2O)cc(OC)c1O[C@@H]1O[C@H](CO)[C@@H](O)[C@H](O)[C@H]1O. The molecule has 5 heterocycles. The monoisotopic (exact) mass is 1130 g/mol. The number of aliphatic hydroxyl groups is 14. The Hall–Kier alpha value is -5.59. The Bertz CT molecular complexity index is 2680. The van der Waals surface area contributed by atoms with Gasteiger partial charge in [0.2, 0.25) is 30.4 Å². The van der Waals surface area contributed by atoms with Crippen molar-refractivity contribution in [3.05, 3.63) is 60.2 Å². The second-order valence-electron chi connectivity index (χ2n) is 18.8. The fraction of sp³-hybridized carbons (Fsp3) is 0.540. The van der Waals surface area contributed by atoms with Crippen molar-refractivity contribution in [1.82, 2.24) is 0 Å². The minimum atomic E-state index is -2.04. The first kappa shape index (κ1) is 59.5. The quantitative estimate of drug-likeness (QED) is 0.0239. The number of aliphatic hydroxyl groups excluding tert-OH is 14. The Labute approximate surface area is 447 Å². The van der Waals surface area contributed by atoms with E-state index >= 15 is 0 Å². The second-order valence-corrected chi connectivity index (χ2v) is 18.8. The molecule has 0 amide bonds. The number of benzene rings is 3. The summed E-state index contributed by atoms with van der Waals surface area (Å²) in [4.78, 5) is 0. The molecule has 20 atom stereocenters. The summed E-state index contributed by atoms with van der Waals surface area (Å²) in [6.45, 7) is -3.08. The normalized spacial score (nSPS) is 35.1. The third-order valence-electron chi connectivity index (χ3n) is 13.5. The maximum Gasteiger partial charge on any atom is 0.402 e. The maximum atomic E-state index is 11.8. The van der Waals surface area contributed by atoms with E-state index < -0.39 is 166 Å². The first-order valence-corrected chi connectivity index (χ1v) is 24.5. The van der Waals surface area contributed by atoms with Crippen molar-refractivity contribution < 1.29 is 143 Å². The van der Waals surface area contributed by atoms with Gasteiger partial charge in [0.1, 0.15) is 108 Å². The lowest BCUT2D eigenvalue weighted by atomic mass is 9.97. The van der Waals surface area contributed by atoms with Crippen LogP contribution in [-0.4, -0.2) is 257 Å². The molecule has 1 aromatic heterocycles. The van der Waals surface area contributed by atoms with Gasteiger partial charge in [0.25, 0.3) is 0 Å². The number of fused-ring (bicyclic) bond motifs is 1. The number of phenols is 3. The third-order valence-corrected chi connectivity index (χ3v) is 13.5. The molecule has 0 radical (unpaired) electrons. The van der Waals surface area contributed by atoms with Crippen molar-refractivity contribution in [2.45, 2.75) is 123 Å². The zero-order valence-corrected chi connectivity index (χ0v) is 41.9. The van der Waals surface area contributed by atoms with Crippen LogP contribution in [0.15, 0.2) is 59.0 Å². The summed E-state index contributed by atoms with van der Waals surface area (Å²) in [7, 11) is 2.62. The van der Waals surface area contributed by atoms with Gasteiger partial charge in [0.05, 0.1) is 58.9 Å². The van der Waals surface area contributed by atoms with Crippen LogP contribution in [0.5, 0.6) is 46.0 Å². The number of aromatic hydroxyl groups is 3. The molecule has 8 rings (SSSR count). The fourth-order valence-electron chi connectivity index (χ4n) is 9.08. The molecule has 0 aliphatic carbocycles. The van der Waals surface area contributed by atoms with Crippen molar-refractivity contribution >= 4 is 17.0 Å². The molecule has 3 aromatic carbocycles. The molecule has 4 aliphatic heterocycles. The van der Waals surface area contributed by atoms with Gasteiger partial charge in [0.15, 0.2) is 35.4 Å². The Morgan fingerprint density at radius 3 is 1.58 bits per heavy atom. The molecule has 0 unspecified atom stereocenters. The first-order valence-electron chi connectivity index (χ1n) is 24.5. The average Bonchev–Trinajstić information content (AvgIpc) is 3.52. The molecule has 17 N–H and O–H groups in total. The summed E-state index contributed by atoms with van der Waals surface area (Å²) in [5.74, 6) is -2.60. The summed E-state index contributed by atoms with van der Waals surface area (Å²) in [6.07, 6.45) is -32.2. The predicted octanol–water partition coefficient (Wildman–Crippen LogP) is -4.39. The van der Waals surface area contributed by atoms with Crippen LogP contribution in [0, 0.1) is 0 Å². The molecule has 79 heavy (non-hydrogen) atoms. The topological polar surface area (TPSA) is 457 Å². The number of ether oxygens (including phenoxy) is 11. The van der Waals surface area contributed by atoms with Gasteiger partial charge in [-0.1, -0.05) is 12.2 Å². The molecule has 29 nitrogen and oxygen atoms in total. The van der Waals surface area contributed by atoms with Crippen molar-refractivity contribution in [2.75, 3.05) is 47.3 Å². The molecule has 4 saturated heterocycles. The van der Waals surface area contributed by atoms with Gasteiger partial charge in [0, 0.05) is 18.2 Å². The van der Waals surface area contributed by atoms with E-state index in [4.69, 9.17) is 56.5 Å². The fourth-order valence-corrected chi connectivity index (χ4v) is 9.08. The van der Waals surface area contributed by atoms with Crippen LogP contribution in [0.1, 0.15) is 5.56 Å². The molecule has 29 heteroatoms. The van der Waals surface area contributed by atoms with E-state index in [0.717, 1.165) is 24.3 Å². The van der Waals surface area contributed by atoms with Gasteiger partial charge in [-0.3, -0.25) is 0 Å². The lowest BCUT2D eigenvalue weighted by molar-refractivity contribution is -0.358. The summed E-state index contributed by atoms with van der Waals surface area (Å²) >= 11 is 0. The zero-order chi connectivity index (χ0) is 57.1. The summed E-state index contributed by atoms with van der Waals surface area (Å²) in [5.41, 5.74) is 0.254. The Balaban J connectivity index is 1.09. The highest BCUT2D eigenvalue weighted by atomic mass is 16.8. The first-order chi connectivity index (χ1) is 37.7. The van der Waals surface area contributed by atoms with Gasteiger partial charge in [-0.2, -0.15) is 0 Å². The largest absolute Gasteiger partial charge is 0.507 e. The highest BCUT2D eigenvalue weighted by Gasteiger charge is 2.53. The number of rotatable bonds is 19. The Morgan fingerprint density at radius 2 is 1.03 bits per heavy atom. The molecule has 436 valence electrons. The molecule has 4 aromatic rings. The van der Waals surface area contributed by atoms with E-state index in [1.54, 1.807) is 6.08 Å². The third kappa shape index (κ3) is 12.5. The highest BCUT2D eigenvalue weighted by Crippen LogP contribution is 2.45. The van der Waals surface area contributed by atoms with Crippen molar-refractivity contribution in [1.29, 1.82) is 0 Å². The van der Waals surface area contributed by atoms with E-state index in [1.807, 2.05) is 0 Å². The van der Waals surface area contributed by atoms with Crippen LogP contribution < -0.4 is 23.7 Å². The summed E-state index contributed by atoms with van der Waals surface area (Å²) in [5, 5.41) is 179. The van der Waals surface area contributed by atoms with Gasteiger partial charge in [-0.25, -0.2) is 4.42 Å². The minimum absolute atomic E-state index is 0.00684. The van der Waals surface area contributed by atoms with Crippen LogP contribution in [0.4, 0.5) is 0 Å². The van der Waals surface area contributed by atoms with Gasteiger partial charge in [-0.15, -0.1) is 0 Å².